The van der Waals surface area contributed by atoms with Gasteiger partial charge in [-0.3, -0.25) is 4.79 Å². The summed E-state index contributed by atoms with van der Waals surface area (Å²) in [6, 6.07) is 10.4. The van der Waals surface area contributed by atoms with Crippen LogP contribution in [0.25, 0.3) is 28.1 Å². The number of rotatable bonds is 5. The van der Waals surface area contributed by atoms with E-state index in [0.717, 1.165) is 59.3 Å². The fraction of sp³-hybridized carbons (Fsp3) is 0.346. The summed E-state index contributed by atoms with van der Waals surface area (Å²) in [6.45, 7) is 8.03. The first-order chi connectivity index (χ1) is 15.1. The molecule has 0 unspecified atom stereocenters. The molecular weight excluding hydrogens is 384 g/mol. The summed E-state index contributed by atoms with van der Waals surface area (Å²) in [5.74, 6) is 1.83. The molecule has 1 aliphatic carbocycles. The van der Waals surface area contributed by atoms with Crippen molar-refractivity contribution in [3.8, 4) is 11.3 Å². The first-order valence-corrected chi connectivity index (χ1v) is 11.2. The van der Waals surface area contributed by atoms with Crippen LogP contribution in [-0.2, 0) is 4.79 Å². The molecule has 2 aliphatic rings. The number of anilines is 2. The topological polar surface area (TPSA) is 58.1 Å². The van der Waals surface area contributed by atoms with E-state index in [9.17, 15) is 4.79 Å². The van der Waals surface area contributed by atoms with E-state index in [0.29, 0.717) is 5.82 Å². The van der Waals surface area contributed by atoms with Crippen LogP contribution in [0, 0.1) is 12.8 Å². The Morgan fingerprint density at radius 2 is 1.97 bits per heavy atom. The van der Waals surface area contributed by atoms with Crippen LogP contribution in [0.2, 0.25) is 0 Å². The molecular formula is C26H28N4O. The molecule has 2 aromatic heterocycles. The second-order valence-electron chi connectivity index (χ2n) is 8.71. The highest BCUT2D eigenvalue weighted by atomic mass is 16.2. The number of piperidine rings is 1. The molecule has 2 fully saturated rings. The maximum atomic E-state index is 12.2. The number of aromatic nitrogens is 2. The number of aryl methyl sites for hydroxylation is 1. The Labute approximate surface area is 183 Å². The lowest BCUT2D eigenvalue weighted by atomic mass is 10.00. The molecule has 0 radical (unpaired) electrons. The lowest BCUT2D eigenvalue weighted by Crippen LogP contribution is -2.30. The average molecular weight is 413 g/mol. The van der Waals surface area contributed by atoms with Gasteiger partial charge in [0.05, 0.1) is 5.69 Å². The summed E-state index contributed by atoms with van der Waals surface area (Å²) >= 11 is 0. The third-order valence-corrected chi connectivity index (χ3v) is 6.32. The van der Waals surface area contributed by atoms with E-state index in [1.165, 1.54) is 24.8 Å². The number of fused-ring (bicyclic) bond motifs is 1. The number of hydrogen-bond acceptors (Lipinski definition) is 4. The van der Waals surface area contributed by atoms with Crippen LogP contribution in [-0.4, -0.2) is 29.0 Å². The van der Waals surface area contributed by atoms with Gasteiger partial charge >= 0.3 is 0 Å². The summed E-state index contributed by atoms with van der Waals surface area (Å²) in [5, 5.41) is 5.08. The molecule has 3 aromatic rings. The van der Waals surface area contributed by atoms with Crippen molar-refractivity contribution in [2.24, 2.45) is 5.92 Å². The fourth-order valence-electron chi connectivity index (χ4n) is 4.30. The highest BCUT2D eigenvalue weighted by Gasteiger charge is 2.30. The molecule has 1 saturated carbocycles. The Morgan fingerprint density at radius 1 is 1.16 bits per heavy atom. The molecule has 31 heavy (non-hydrogen) atoms. The van der Waals surface area contributed by atoms with E-state index in [2.05, 4.69) is 53.0 Å². The summed E-state index contributed by atoms with van der Waals surface area (Å²) < 4.78 is 0. The number of carbonyl (C=O) groups is 1. The van der Waals surface area contributed by atoms with Crippen molar-refractivity contribution in [3.63, 3.8) is 0 Å². The first-order valence-electron chi connectivity index (χ1n) is 11.2. The van der Waals surface area contributed by atoms with E-state index in [1.54, 1.807) is 0 Å². The Hall–Kier alpha value is -3.21. The minimum Gasteiger partial charge on any atom is -0.356 e. The lowest BCUT2D eigenvalue weighted by Gasteiger charge is -2.29. The maximum Gasteiger partial charge on any atom is 0.228 e. The van der Waals surface area contributed by atoms with E-state index in [4.69, 9.17) is 4.98 Å². The smallest absolute Gasteiger partial charge is 0.228 e. The van der Waals surface area contributed by atoms with Gasteiger partial charge in [0.25, 0.3) is 0 Å². The zero-order valence-electron chi connectivity index (χ0n) is 18.0. The van der Waals surface area contributed by atoms with Crippen molar-refractivity contribution in [2.45, 2.75) is 39.0 Å². The standard InChI is InChI=1S/C26H28N4O/c1-3-18-8-7-17(2)21(13-18)23-14-20-16-27-24(29-26(31)19-9-10-19)15-22(20)25(28-23)30-11-5-4-6-12-30/h3,7-8,13-16,19H,1,4-6,9-12H2,2H3,(H,27,29,31). The fourth-order valence-corrected chi connectivity index (χ4v) is 4.30. The van der Waals surface area contributed by atoms with Gasteiger partial charge in [0, 0.05) is 41.5 Å². The summed E-state index contributed by atoms with van der Waals surface area (Å²) in [7, 11) is 0. The number of hydrogen-bond donors (Lipinski definition) is 1. The third-order valence-electron chi connectivity index (χ3n) is 6.32. The maximum absolute atomic E-state index is 12.2. The zero-order valence-corrected chi connectivity index (χ0v) is 18.0. The number of carbonyl (C=O) groups excluding carboxylic acids is 1. The summed E-state index contributed by atoms with van der Waals surface area (Å²) in [6.07, 6.45) is 9.30. The molecule has 3 heterocycles. The van der Waals surface area contributed by atoms with Crippen LogP contribution in [0.4, 0.5) is 11.6 Å². The number of nitrogens with zero attached hydrogens (tertiary/aromatic N) is 3. The van der Waals surface area contributed by atoms with Crippen LogP contribution in [0.1, 0.15) is 43.2 Å². The minimum atomic E-state index is 0.0767. The van der Waals surface area contributed by atoms with Gasteiger partial charge in [0.2, 0.25) is 5.91 Å². The van der Waals surface area contributed by atoms with Gasteiger partial charge in [0.15, 0.2) is 0 Å². The van der Waals surface area contributed by atoms with Crippen molar-refractivity contribution in [3.05, 3.63) is 54.2 Å². The predicted molar refractivity (Wildman–Crippen MR) is 127 cm³/mol. The Kier molecular flexibility index (Phi) is 5.18. The largest absolute Gasteiger partial charge is 0.356 e. The van der Waals surface area contributed by atoms with Crippen LogP contribution in [0.5, 0.6) is 0 Å². The van der Waals surface area contributed by atoms with Crippen LogP contribution in [0.15, 0.2) is 43.1 Å². The molecule has 1 saturated heterocycles. The van der Waals surface area contributed by atoms with Gasteiger partial charge < -0.3 is 10.2 Å². The van der Waals surface area contributed by atoms with Crippen molar-refractivity contribution in [1.29, 1.82) is 0 Å². The molecule has 0 bridgehead atoms. The summed E-state index contributed by atoms with van der Waals surface area (Å²) in [4.78, 5) is 24.3. The van der Waals surface area contributed by atoms with E-state index in [1.807, 2.05) is 18.3 Å². The molecule has 0 atom stereocenters. The lowest BCUT2D eigenvalue weighted by molar-refractivity contribution is -0.117. The Bertz CT molecular complexity index is 1160. The number of amides is 1. The Morgan fingerprint density at radius 3 is 2.71 bits per heavy atom. The van der Waals surface area contributed by atoms with Gasteiger partial charge in [0.1, 0.15) is 11.6 Å². The molecule has 1 aromatic carbocycles. The van der Waals surface area contributed by atoms with Gasteiger partial charge in [-0.15, -0.1) is 0 Å². The average Bonchev–Trinajstić information content (AvgIpc) is 3.65. The quantitative estimate of drug-likeness (QED) is 0.594. The van der Waals surface area contributed by atoms with Gasteiger partial charge in [-0.1, -0.05) is 24.8 Å². The molecule has 1 N–H and O–H groups in total. The third kappa shape index (κ3) is 4.05. The SMILES string of the molecule is C=Cc1ccc(C)c(-c2cc3cnc(NC(=O)C4CC4)cc3c(N3CCCCC3)n2)c1. The molecule has 5 nitrogen and oxygen atoms in total. The van der Waals surface area contributed by atoms with E-state index < -0.39 is 0 Å². The number of nitrogens with one attached hydrogen (secondary N) is 1. The van der Waals surface area contributed by atoms with Crippen molar-refractivity contribution < 1.29 is 4.79 Å². The molecule has 0 spiro atoms. The van der Waals surface area contributed by atoms with Crippen LogP contribution < -0.4 is 10.2 Å². The normalized spacial score (nSPS) is 16.4. The molecule has 158 valence electrons. The minimum absolute atomic E-state index is 0.0767. The van der Waals surface area contributed by atoms with E-state index >= 15 is 0 Å². The molecule has 5 heteroatoms. The first kappa shape index (κ1) is 19.7. The van der Waals surface area contributed by atoms with E-state index in [-0.39, 0.29) is 11.8 Å². The second kappa shape index (κ2) is 8.14. The zero-order chi connectivity index (χ0) is 21.4. The number of pyridine rings is 2. The van der Waals surface area contributed by atoms with Gasteiger partial charge in [-0.05, 0) is 68.4 Å². The second-order valence-corrected chi connectivity index (χ2v) is 8.71. The van der Waals surface area contributed by atoms with Gasteiger partial charge in [-0.25, -0.2) is 9.97 Å². The van der Waals surface area contributed by atoms with Crippen LogP contribution in [0.3, 0.4) is 0 Å². The molecule has 5 rings (SSSR count). The van der Waals surface area contributed by atoms with Gasteiger partial charge in [-0.2, -0.15) is 0 Å². The predicted octanol–water partition coefficient (Wildman–Crippen LogP) is 5.59. The monoisotopic (exact) mass is 412 g/mol. The summed E-state index contributed by atoms with van der Waals surface area (Å²) in [5.41, 5.74) is 4.33. The molecule has 1 aliphatic heterocycles. The van der Waals surface area contributed by atoms with Crippen molar-refractivity contribution in [2.75, 3.05) is 23.3 Å². The van der Waals surface area contributed by atoms with Crippen LogP contribution >= 0.6 is 0 Å². The Balaban J connectivity index is 1.63. The highest BCUT2D eigenvalue weighted by molar-refractivity contribution is 5.99. The highest BCUT2D eigenvalue weighted by Crippen LogP contribution is 2.35. The van der Waals surface area contributed by atoms with Crippen molar-refractivity contribution >= 4 is 34.4 Å². The molecule has 1 amide bonds. The number of benzene rings is 1. The van der Waals surface area contributed by atoms with Crippen molar-refractivity contribution in [1.82, 2.24) is 9.97 Å².